The van der Waals surface area contributed by atoms with Gasteiger partial charge in [0.05, 0.1) is 18.5 Å². The van der Waals surface area contributed by atoms with E-state index in [1.807, 2.05) is 24.3 Å². The lowest BCUT2D eigenvalue weighted by Crippen LogP contribution is -2.43. The van der Waals surface area contributed by atoms with Crippen molar-refractivity contribution in [3.63, 3.8) is 0 Å². The van der Waals surface area contributed by atoms with Gasteiger partial charge in [-0.3, -0.25) is 14.9 Å². The van der Waals surface area contributed by atoms with Crippen molar-refractivity contribution in [3.05, 3.63) is 64.0 Å². The van der Waals surface area contributed by atoms with E-state index in [0.29, 0.717) is 31.7 Å². The van der Waals surface area contributed by atoms with Crippen LogP contribution in [0.2, 0.25) is 0 Å². The zero-order valence-corrected chi connectivity index (χ0v) is 15.6. The molecule has 1 aliphatic rings. The maximum absolute atomic E-state index is 13.7. The fraction of sp³-hybridized carbons (Fsp3) is 0.350. The Balaban J connectivity index is 1.58. The van der Waals surface area contributed by atoms with Crippen LogP contribution in [0.1, 0.15) is 18.4 Å². The number of nitro groups is 1. The Hall–Kier alpha value is -3.16. The molecule has 1 N–H and O–H groups in total. The molecule has 0 unspecified atom stereocenters. The second-order valence-electron chi connectivity index (χ2n) is 6.68. The van der Waals surface area contributed by atoms with Gasteiger partial charge in [0.15, 0.2) is 0 Å². The number of para-hydroxylation sites is 2. The minimum absolute atomic E-state index is 0.0136. The Labute approximate surface area is 162 Å². The standard InChI is InChI=1S/C20H22FN3O4/c1-28-18-8-3-2-5-14(18)13-19(25)23-11-9-15(10-12-23)22-17-7-4-6-16(21)20(17)24(26)27/h2-8,15,22H,9-13H2,1H3. The van der Waals surface area contributed by atoms with Gasteiger partial charge < -0.3 is 15.0 Å². The number of hydrogen-bond donors (Lipinski definition) is 1. The van der Waals surface area contributed by atoms with Crippen molar-refractivity contribution in [2.45, 2.75) is 25.3 Å². The van der Waals surface area contributed by atoms with Gasteiger partial charge in [-0.05, 0) is 31.0 Å². The van der Waals surface area contributed by atoms with Crippen molar-refractivity contribution in [1.82, 2.24) is 4.90 Å². The number of nitrogens with zero attached hydrogens (tertiary/aromatic N) is 2. The summed E-state index contributed by atoms with van der Waals surface area (Å²) in [6.07, 6.45) is 1.52. The lowest BCUT2D eigenvalue weighted by molar-refractivity contribution is -0.386. The van der Waals surface area contributed by atoms with Gasteiger partial charge >= 0.3 is 5.69 Å². The van der Waals surface area contributed by atoms with Crippen molar-refractivity contribution >= 4 is 17.3 Å². The van der Waals surface area contributed by atoms with Crippen molar-refractivity contribution in [1.29, 1.82) is 0 Å². The molecule has 0 bridgehead atoms. The maximum Gasteiger partial charge on any atom is 0.327 e. The SMILES string of the molecule is COc1ccccc1CC(=O)N1CCC(Nc2cccc(F)c2[N+](=O)[O-])CC1. The number of methoxy groups -OCH3 is 1. The summed E-state index contributed by atoms with van der Waals surface area (Å²) in [7, 11) is 1.58. The monoisotopic (exact) mass is 387 g/mol. The normalized spacial score (nSPS) is 14.6. The molecule has 1 saturated heterocycles. The first-order valence-corrected chi connectivity index (χ1v) is 9.08. The zero-order valence-electron chi connectivity index (χ0n) is 15.6. The van der Waals surface area contributed by atoms with Gasteiger partial charge in [-0.15, -0.1) is 0 Å². The van der Waals surface area contributed by atoms with Crippen LogP contribution in [0.25, 0.3) is 0 Å². The van der Waals surface area contributed by atoms with E-state index >= 15 is 0 Å². The second kappa shape index (κ2) is 8.69. The van der Waals surface area contributed by atoms with Crippen LogP contribution >= 0.6 is 0 Å². The first-order valence-electron chi connectivity index (χ1n) is 9.08. The van der Waals surface area contributed by atoms with Crippen LogP contribution in [0.3, 0.4) is 0 Å². The van der Waals surface area contributed by atoms with Crippen molar-refractivity contribution in [3.8, 4) is 5.75 Å². The van der Waals surface area contributed by atoms with Gasteiger partial charge in [0.2, 0.25) is 11.7 Å². The largest absolute Gasteiger partial charge is 0.496 e. The average Bonchev–Trinajstić information content (AvgIpc) is 2.68. The minimum atomic E-state index is -0.862. The molecule has 1 fully saturated rings. The molecule has 0 atom stereocenters. The summed E-state index contributed by atoms with van der Waals surface area (Å²) in [5.41, 5.74) is 0.464. The molecule has 148 valence electrons. The van der Waals surface area contributed by atoms with Gasteiger partial charge in [-0.2, -0.15) is 4.39 Å². The van der Waals surface area contributed by atoms with Crippen molar-refractivity contribution in [2.75, 3.05) is 25.5 Å². The fourth-order valence-electron chi connectivity index (χ4n) is 3.43. The summed E-state index contributed by atoms with van der Waals surface area (Å²) in [5, 5.41) is 14.2. The molecular weight excluding hydrogens is 365 g/mol. The Kier molecular flexibility index (Phi) is 6.08. The van der Waals surface area contributed by atoms with Crippen LogP contribution in [-0.4, -0.2) is 42.0 Å². The van der Waals surface area contributed by atoms with Gasteiger partial charge in [0.25, 0.3) is 0 Å². The number of carbonyl (C=O) groups is 1. The lowest BCUT2D eigenvalue weighted by atomic mass is 10.0. The van der Waals surface area contributed by atoms with E-state index in [1.165, 1.54) is 12.1 Å². The molecule has 1 heterocycles. The lowest BCUT2D eigenvalue weighted by Gasteiger charge is -2.33. The average molecular weight is 387 g/mol. The predicted molar refractivity (Wildman–Crippen MR) is 103 cm³/mol. The Morgan fingerprint density at radius 1 is 1.25 bits per heavy atom. The number of carbonyl (C=O) groups excluding carboxylic acids is 1. The molecule has 8 heteroatoms. The van der Waals surface area contributed by atoms with Crippen LogP contribution < -0.4 is 10.1 Å². The molecule has 3 rings (SSSR count). The molecule has 0 radical (unpaired) electrons. The zero-order chi connectivity index (χ0) is 20.1. The van der Waals surface area contributed by atoms with Crippen LogP contribution in [0, 0.1) is 15.9 Å². The molecule has 1 amide bonds. The summed E-state index contributed by atoms with van der Waals surface area (Å²) < 4.78 is 19.0. The first kappa shape index (κ1) is 19.6. The summed E-state index contributed by atoms with van der Waals surface area (Å²) in [4.78, 5) is 24.8. The maximum atomic E-state index is 13.7. The minimum Gasteiger partial charge on any atom is -0.496 e. The third-order valence-corrected chi connectivity index (χ3v) is 4.91. The molecule has 1 aliphatic heterocycles. The number of benzene rings is 2. The number of nitro benzene ring substituents is 1. The number of halogens is 1. The predicted octanol–water partition coefficient (Wildman–Crippen LogP) is 3.39. The molecule has 0 saturated carbocycles. The van der Waals surface area contributed by atoms with E-state index < -0.39 is 16.4 Å². The van der Waals surface area contributed by atoms with Gasteiger partial charge in [-0.1, -0.05) is 24.3 Å². The molecule has 0 spiro atoms. The summed E-state index contributed by atoms with van der Waals surface area (Å²) in [6.45, 7) is 1.07. The number of hydrogen-bond acceptors (Lipinski definition) is 5. The van der Waals surface area contributed by atoms with Gasteiger partial charge in [0.1, 0.15) is 11.4 Å². The number of amides is 1. The third kappa shape index (κ3) is 4.39. The Bertz CT molecular complexity index is 866. The van der Waals surface area contributed by atoms with Crippen LogP contribution in [0.15, 0.2) is 42.5 Å². The van der Waals surface area contributed by atoms with Crippen LogP contribution in [0.5, 0.6) is 5.75 Å². The topological polar surface area (TPSA) is 84.7 Å². The first-order chi connectivity index (χ1) is 13.5. The Morgan fingerprint density at radius 2 is 1.96 bits per heavy atom. The molecule has 2 aromatic rings. The van der Waals surface area contributed by atoms with Crippen molar-refractivity contribution in [2.24, 2.45) is 0 Å². The summed E-state index contributed by atoms with van der Waals surface area (Å²) in [5.74, 6) is -0.162. The number of likely N-dealkylation sites (tertiary alicyclic amines) is 1. The van der Waals surface area contributed by atoms with Crippen molar-refractivity contribution < 1.29 is 18.8 Å². The molecule has 0 aliphatic carbocycles. The highest BCUT2D eigenvalue weighted by Gasteiger charge is 2.26. The van der Waals surface area contributed by atoms with E-state index in [-0.39, 0.29) is 24.1 Å². The summed E-state index contributed by atoms with van der Waals surface area (Å²) >= 11 is 0. The van der Waals surface area contributed by atoms with E-state index in [4.69, 9.17) is 4.74 Å². The van der Waals surface area contributed by atoms with Gasteiger partial charge in [0, 0.05) is 24.7 Å². The highest BCUT2D eigenvalue weighted by atomic mass is 19.1. The highest BCUT2D eigenvalue weighted by molar-refractivity contribution is 5.79. The van der Waals surface area contributed by atoms with E-state index in [1.54, 1.807) is 12.0 Å². The van der Waals surface area contributed by atoms with E-state index in [9.17, 15) is 19.3 Å². The third-order valence-electron chi connectivity index (χ3n) is 4.91. The van der Waals surface area contributed by atoms with Crippen LogP contribution in [-0.2, 0) is 11.2 Å². The number of ether oxygens (including phenoxy) is 1. The van der Waals surface area contributed by atoms with E-state index in [2.05, 4.69) is 5.32 Å². The molecule has 28 heavy (non-hydrogen) atoms. The van der Waals surface area contributed by atoms with Crippen LogP contribution in [0.4, 0.5) is 15.8 Å². The number of anilines is 1. The fourth-order valence-corrected chi connectivity index (χ4v) is 3.43. The molecule has 7 nitrogen and oxygen atoms in total. The summed E-state index contributed by atoms with van der Waals surface area (Å²) in [6, 6.07) is 11.4. The van der Waals surface area contributed by atoms with E-state index in [0.717, 1.165) is 11.6 Å². The number of piperidine rings is 1. The van der Waals surface area contributed by atoms with Gasteiger partial charge in [-0.25, -0.2) is 0 Å². The highest BCUT2D eigenvalue weighted by Crippen LogP contribution is 2.29. The Morgan fingerprint density at radius 3 is 2.64 bits per heavy atom. The molecule has 0 aromatic heterocycles. The smallest absolute Gasteiger partial charge is 0.327 e. The number of rotatable bonds is 6. The molecular formula is C20H22FN3O4. The molecule has 2 aromatic carbocycles. The number of nitrogens with one attached hydrogen (secondary N) is 1. The second-order valence-corrected chi connectivity index (χ2v) is 6.68. The quantitative estimate of drug-likeness (QED) is 0.607.